The van der Waals surface area contributed by atoms with E-state index in [-0.39, 0.29) is 24.0 Å². The third-order valence-corrected chi connectivity index (χ3v) is 3.32. The van der Waals surface area contributed by atoms with Crippen LogP contribution in [-0.2, 0) is 14.3 Å². The summed E-state index contributed by atoms with van der Waals surface area (Å²) in [5.74, 6) is -0.0548. The van der Waals surface area contributed by atoms with Crippen molar-refractivity contribution in [2.24, 2.45) is 0 Å². The highest BCUT2D eigenvalue weighted by atomic mass is 16.5. The number of hydrogen-bond acceptors (Lipinski definition) is 3. The highest BCUT2D eigenvalue weighted by Gasteiger charge is 2.42. The van der Waals surface area contributed by atoms with Crippen LogP contribution in [0.15, 0.2) is 12.7 Å². The van der Waals surface area contributed by atoms with E-state index >= 15 is 0 Å². The van der Waals surface area contributed by atoms with Crippen LogP contribution in [0.3, 0.4) is 0 Å². The van der Waals surface area contributed by atoms with E-state index in [0.717, 1.165) is 6.42 Å². The van der Waals surface area contributed by atoms with Crippen LogP contribution in [0.25, 0.3) is 0 Å². The van der Waals surface area contributed by atoms with Crippen LogP contribution in [0.5, 0.6) is 0 Å². The standard InChI is InChI=1S/C12H18N2O3/c1-3-6-17-9-4-5-14-10(7-9)11(15)13-8(2)12(14)16/h3,8-10H,1,4-7H2,2H3,(H,13,15). The molecule has 5 nitrogen and oxygen atoms in total. The van der Waals surface area contributed by atoms with Crippen molar-refractivity contribution >= 4 is 11.8 Å². The van der Waals surface area contributed by atoms with Crippen LogP contribution in [0.2, 0.25) is 0 Å². The van der Waals surface area contributed by atoms with E-state index in [0.29, 0.717) is 19.6 Å². The second kappa shape index (κ2) is 4.87. The number of ether oxygens (including phenoxy) is 1. The molecule has 2 amide bonds. The minimum Gasteiger partial charge on any atom is -0.374 e. The van der Waals surface area contributed by atoms with Crippen LogP contribution in [0.4, 0.5) is 0 Å². The maximum absolute atomic E-state index is 11.9. The summed E-state index contributed by atoms with van der Waals surface area (Å²) in [5, 5.41) is 2.70. The summed E-state index contributed by atoms with van der Waals surface area (Å²) in [4.78, 5) is 25.4. The number of hydrogen-bond donors (Lipinski definition) is 1. The summed E-state index contributed by atoms with van der Waals surface area (Å²) in [5.41, 5.74) is 0. The summed E-state index contributed by atoms with van der Waals surface area (Å²) in [6.45, 7) is 6.40. The number of rotatable bonds is 3. The summed E-state index contributed by atoms with van der Waals surface area (Å²) in [6, 6.07) is -0.758. The molecule has 5 heteroatoms. The van der Waals surface area contributed by atoms with Gasteiger partial charge in [0.15, 0.2) is 0 Å². The Labute approximate surface area is 101 Å². The van der Waals surface area contributed by atoms with Gasteiger partial charge < -0.3 is 15.0 Å². The van der Waals surface area contributed by atoms with Gasteiger partial charge in [-0.2, -0.15) is 0 Å². The van der Waals surface area contributed by atoms with Crippen molar-refractivity contribution in [3.05, 3.63) is 12.7 Å². The van der Waals surface area contributed by atoms with E-state index in [1.807, 2.05) is 0 Å². The van der Waals surface area contributed by atoms with Crippen LogP contribution < -0.4 is 5.32 Å². The zero-order chi connectivity index (χ0) is 12.4. The highest BCUT2D eigenvalue weighted by Crippen LogP contribution is 2.23. The molecule has 2 aliphatic rings. The summed E-state index contributed by atoms with van der Waals surface area (Å²) < 4.78 is 5.56. The van der Waals surface area contributed by atoms with Crippen LogP contribution in [-0.4, -0.2) is 48.1 Å². The summed E-state index contributed by atoms with van der Waals surface area (Å²) >= 11 is 0. The zero-order valence-electron chi connectivity index (χ0n) is 10.0. The molecular formula is C12H18N2O3. The lowest BCUT2D eigenvalue weighted by Gasteiger charge is -2.43. The number of fused-ring (bicyclic) bond motifs is 1. The van der Waals surface area contributed by atoms with Crippen LogP contribution >= 0.6 is 0 Å². The fourth-order valence-corrected chi connectivity index (χ4v) is 2.42. The van der Waals surface area contributed by atoms with Gasteiger partial charge >= 0.3 is 0 Å². The maximum atomic E-state index is 11.9. The Morgan fingerprint density at radius 1 is 1.59 bits per heavy atom. The lowest BCUT2D eigenvalue weighted by atomic mass is 9.95. The Bertz CT molecular complexity index is 343. The van der Waals surface area contributed by atoms with Gasteiger partial charge in [0.05, 0.1) is 12.7 Å². The SMILES string of the molecule is C=CCOC1CCN2C(=O)C(C)NC(=O)C2C1. The molecule has 2 heterocycles. The summed E-state index contributed by atoms with van der Waals surface area (Å²) in [7, 11) is 0. The fraction of sp³-hybridized carbons (Fsp3) is 0.667. The van der Waals surface area contributed by atoms with Gasteiger partial charge in [-0.05, 0) is 13.3 Å². The Morgan fingerprint density at radius 2 is 2.35 bits per heavy atom. The number of carbonyl (C=O) groups is 2. The molecule has 1 N–H and O–H groups in total. The molecule has 0 spiro atoms. The van der Waals surface area contributed by atoms with E-state index in [9.17, 15) is 9.59 Å². The lowest BCUT2D eigenvalue weighted by molar-refractivity contribution is -0.153. The first kappa shape index (κ1) is 12.1. The second-order valence-corrected chi connectivity index (χ2v) is 4.55. The molecule has 3 atom stereocenters. The molecule has 2 fully saturated rings. The normalized spacial score (nSPS) is 33.0. The van der Waals surface area contributed by atoms with E-state index < -0.39 is 6.04 Å². The molecule has 0 saturated carbocycles. The van der Waals surface area contributed by atoms with Crippen molar-refractivity contribution in [2.75, 3.05) is 13.2 Å². The van der Waals surface area contributed by atoms with Crippen molar-refractivity contribution < 1.29 is 14.3 Å². The fourth-order valence-electron chi connectivity index (χ4n) is 2.42. The largest absolute Gasteiger partial charge is 0.374 e. The minimum atomic E-state index is -0.399. The molecule has 0 aromatic carbocycles. The molecule has 0 aromatic rings. The Morgan fingerprint density at radius 3 is 3.06 bits per heavy atom. The molecule has 0 aromatic heterocycles. The molecule has 17 heavy (non-hydrogen) atoms. The Hall–Kier alpha value is -1.36. The maximum Gasteiger partial charge on any atom is 0.245 e. The summed E-state index contributed by atoms with van der Waals surface area (Å²) in [6.07, 6.45) is 3.11. The van der Waals surface area contributed by atoms with Crippen molar-refractivity contribution in [3.63, 3.8) is 0 Å². The molecular weight excluding hydrogens is 220 g/mol. The van der Waals surface area contributed by atoms with Crippen LogP contribution in [0, 0.1) is 0 Å². The number of nitrogens with one attached hydrogen (secondary N) is 1. The Balaban J connectivity index is 2.02. The molecule has 2 aliphatic heterocycles. The third-order valence-electron chi connectivity index (χ3n) is 3.32. The van der Waals surface area contributed by atoms with Gasteiger partial charge in [-0.3, -0.25) is 9.59 Å². The van der Waals surface area contributed by atoms with Crippen molar-refractivity contribution in [1.82, 2.24) is 10.2 Å². The topological polar surface area (TPSA) is 58.6 Å². The first-order valence-electron chi connectivity index (χ1n) is 5.97. The van der Waals surface area contributed by atoms with Gasteiger partial charge in [0.2, 0.25) is 11.8 Å². The number of piperidine rings is 1. The predicted octanol–water partition coefficient (Wildman–Crippen LogP) is 0.0669. The van der Waals surface area contributed by atoms with Gasteiger partial charge in [-0.15, -0.1) is 6.58 Å². The smallest absolute Gasteiger partial charge is 0.245 e. The van der Waals surface area contributed by atoms with Crippen molar-refractivity contribution in [3.8, 4) is 0 Å². The van der Waals surface area contributed by atoms with Gasteiger partial charge in [0, 0.05) is 13.0 Å². The monoisotopic (exact) mass is 238 g/mol. The van der Waals surface area contributed by atoms with E-state index in [4.69, 9.17) is 4.74 Å². The van der Waals surface area contributed by atoms with E-state index in [2.05, 4.69) is 11.9 Å². The molecule has 0 bridgehead atoms. The number of nitrogens with zero attached hydrogens (tertiary/aromatic N) is 1. The van der Waals surface area contributed by atoms with Gasteiger partial charge in [0.25, 0.3) is 0 Å². The van der Waals surface area contributed by atoms with Crippen LogP contribution in [0.1, 0.15) is 19.8 Å². The molecule has 2 saturated heterocycles. The second-order valence-electron chi connectivity index (χ2n) is 4.55. The van der Waals surface area contributed by atoms with Crippen molar-refractivity contribution in [2.45, 2.75) is 38.0 Å². The predicted molar refractivity (Wildman–Crippen MR) is 62.3 cm³/mol. The molecule has 0 aliphatic carbocycles. The molecule has 3 unspecified atom stereocenters. The van der Waals surface area contributed by atoms with Gasteiger partial charge in [-0.25, -0.2) is 0 Å². The quantitative estimate of drug-likeness (QED) is 0.708. The molecule has 0 radical (unpaired) electrons. The molecule has 2 rings (SSSR count). The Kier molecular flexibility index (Phi) is 3.47. The number of piperazine rings is 1. The lowest BCUT2D eigenvalue weighted by Crippen LogP contribution is -2.65. The van der Waals surface area contributed by atoms with Gasteiger partial charge in [0.1, 0.15) is 12.1 Å². The molecule has 94 valence electrons. The van der Waals surface area contributed by atoms with Crippen molar-refractivity contribution in [1.29, 1.82) is 0 Å². The first-order chi connectivity index (χ1) is 8.13. The minimum absolute atomic E-state index is 0.0109. The average molecular weight is 238 g/mol. The first-order valence-corrected chi connectivity index (χ1v) is 5.97. The highest BCUT2D eigenvalue weighted by molar-refractivity contribution is 5.96. The average Bonchev–Trinajstić information content (AvgIpc) is 2.33. The number of carbonyl (C=O) groups excluding carboxylic acids is 2. The van der Waals surface area contributed by atoms with E-state index in [1.165, 1.54) is 0 Å². The zero-order valence-corrected chi connectivity index (χ0v) is 10.0. The van der Waals surface area contributed by atoms with Gasteiger partial charge in [-0.1, -0.05) is 6.08 Å². The third kappa shape index (κ3) is 2.34. The number of amides is 2. The van der Waals surface area contributed by atoms with E-state index in [1.54, 1.807) is 17.9 Å².